The van der Waals surface area contributed by atoms with Gasteiger partial charge in [0.2, 0.25) is 0 Å². The summed E-state index contributed by atoms with van der Waals surface area (Å²) in [4.78, 5) is 2.52. The van der Waals surface area contributed by atoms with Crippen molar-refractivity contribution in [2.24, 2.45) is 7.05 Å². The highest BCUT2D eigenvalue weighted by molar-refractivity contribution is 5.85. The van der Waals surface area contributed by atoms with E-state index in [1.54, 1.807) is 0 Å². The van der Waals surface area contributed by atoms with E-state index >= 15 is 0 Å². The van der Waals surface area contributed by atoms with Crippen LogP contribution in [0.2, 0.25) is 0 Å². The fraction of sp³-hybridized carbons (Fsp3) is 0.750. The summed E-state index contributed by atoms with van der Waals surface area (Å²) in [7, 11) is 4.06. The zero-order valence-electron chi connectivity index (χ0n) is 10.9. The molecule has 0 spiro atoms. The lowest BCUT2D eigenvalue weighted by Gasteiger charge is -2.32. The molecular weight excluding hydrogens is 236 g/mol. The fourth-order valence-corrected chi connectivity index (χ4v) is 2.38. The maximum Gasteiger partial charge on any atom is 0.0537 e. The Morgan fingerprint density at radius 3 is 2.88 bits per heavy atom. The summed E-state index contributed by atoms with van der Waals surface area (Å²) >= 11 is 0. The van der Waals surface area contributed by atoms with Crippen LogP contribution in [-0.2, 0) is 13.6 Å². The Hall–Kier alpha value is -0.580. The number of piperidine rings is 1. The number of halogens is 1. The van der Waals surface area contributed by atoms with Gasteiger partial charge in [0, 0.05) is 37.4 Å². The zero-order chi connectivity index (χ0) is 11.5. The number of hydrogen-bond donors (Lipinski definition) is 1. The third-order valence-corrected chi connectivity index (χ3v) is 3.64. The molecule has 0 saturated carbocycles. The first-order valence-electron chi connectivity index (χ1n) is 6.08. The van der Waals surface area contributed by atoms with Crippen LogP contribution in [0.3, 0.4) is 0 Å². The molecule has 0 amide bonds. The molecule has 1 aliphatic heterocycles. The maximum absolute atomic E-state index is 4.30. The van der Waals surface area contributed by atoms with Crippen LogP contribution in [0.25, 0.3) is 0 Å². The first kappa shape index (κ1) is 14.5. The van der Waals surface area contributed by atoms with Crippen molar-refractivity contribution in [3.8, 4) is 0 Å². The van der Waals surface area contributed by atoms with Gasteiger partial charge < -0.3 is 5.32 Å². The zero-order valence-corrected chi connectivity index (χ0v) is 11.8. The molecule has 98 valence electrons. The van der Waals surface area contributed by atoms with Gasteiger partial charge in [-0.05, 0) is 33.4 Å². The molecule has 0 bridgehead atoms. The Bertz CT molecular complexity index is 350. The lowest BCUT2D eigenvalue weighted by molar-refractivity contribution is 0.187. The highest BCUT2D eigenvalue weighted by Gasteiger charge is 2.19. The lowest BCUT2D eigenvalue weighted by atomic mass is 10.1. The SMILES string of the molecule is CNC1CCCN(Cc2cnn(C)c2C)C1.Cl. The Morgan fingerprint density at radius 2 is 2.29 bits per heavy atom. The molecule has 17 heavy (non-hydrogen) atoms. The van der Waals surface area contributed by atoms with Gasteiger partial charge in [-0.2, -0.15) is 5.10 Å². The number of likely N-dealkylation sites (tertiary alicyclic amines) is 1. The van der Waals surface area contributed by atoms with Crippen LogP contribution in [0.15, 0.2) is 6.20 Å². The maximum atomic E-state index is 4.30. The average molecular weight is 259 g/mol. The van der Waals surface area contributed by atoms with Crippen molar-refractivity contribution in [3.05, 3.63) is 17.5 Å². The Labute approximate surface area is 110 Å². The lowest BCUT2D eigenvalue weighted by Crippen LogP contribution is -2.43. The molecule has 1 fully saturated rings. The quantitative estimate of drug-likeness (QED) is 0.888. The van der Waals surface area contributed by atoms with E-state index < -0.39 is 0 Å². The molecule has 1 aliphatic rings. The highest BCUT2D eigenvalue weighted by atomic mass is 35.5. The van der Waals surface area contributed by atoms with E-state index in [4.69, 9.17) is 0 Å². The molecule has 1 atom stereocenters. The summed E-state index contributed by atoms with van der Waals surface area (Å²) in [6, 6.07) is 0.658. The number of nitrogens with zero attached hydrogens (tertiary/aromatic N) is 3. The second-order valence-corrected chi connectivity index (χ2v) is 4.74. The van der Waals surface area contributed by atoms with Crippen molar-refractivity contribution >= 4 is 12.4 Å². The molecule has 1 unspecified atom stereocenters. The number of aromatic nitrogens is 2. The Kier molecular flexibility index (Phi) is 5.43. The van der Waals surface area contributed by atoms with Crippen LogP contribution in [0, 0.1) is 6.92 Å². The summed E-state index contributed by atoms with van der Waals surface area (Å²) in [6.07, 6.45) is 4.60. The van der Waals surface area contributed by atoms with Crippen molar-refractivity contribution in [2.45, 2.75) is 32.4 Å². The number of aryl methyl sites for hydroxylation is 1. The van der Waals surface area contributed by atoms with E-state index in [-0.39, 0.29) is 12.4 Å². The fourth-order valence-electron chi connectivity index (χ4n) is 2.38. The summed E-state index contributed by atoms with van der Waals surface area (Å²) in [5.74, 6) is 0. The number of hydrogen-bond acceptors (Lipinski definition) is 3. The van der Waals surface area contributed by atoms with Gasteiger partial charge in [-0.25, -0.2) is 0 Å². The summed E-state index contributed by atoms with van der Waals surface area (Å²) in [5, 5.41) is 7.67. The van der Waals surface area contributed by atoms with Gasteiger partial charge in [-0.15, -0.1) is 12.4 Å². The van der Waals surface area contributed by atoms with Gasteiger partial charge in [0.1, 0.15) is 0 Å². The van der Waals surface area contributed by atoms with Crippen LogP contribution in [0.1, 0.15) is 24.1 Å². The van der Waals surface area contributed by atoms with Crippen LogP contribution in [0.5, 0.6) is 0 Å². The molecule has 1 saturated heterocycles. The molecule has 2 heterocycles. The molecule has 5 heteroatoms. The molecule has 1 aromatic heterocycles. The first-order valence-corrected chi connectivity index (χ1v) is 6.08. The number of likely N-dealkylation sites (N-methyl/N-ethyl adjacent to an activating group) is 1. The van der Waals surface area contributed by atoms with E-state index in [1.807, 2.05) is 17.9 Å². The van der Waals surface area contributed by atoms with E-state index in [1.165, 1.54) is 30.6 Å². The van der Waals surface area contributed by atoms with Crippen molar-refractivity contribution in [1.82, 2.24) is 20.0 Å². The molecule has 4 nitrogen and oxygen atoms in total. The first-order chi connectivity index (χ1) is 7.70. The van der Waals surface area contributed by atoms with Gasteiger partial charge in [0.25, 0.3) is 0 Å². The Balaban J connectivity index is 0.00000144. The normalized spacial score (nSPS) is 21.2. The molecule has 1 N–H and O–H groups in total. The molecule has 0 aromatic carbocycles. The van der Waals surface area contributed by atoms with Crippen LogP contribution >= 0.6 is 12.4 Å². The van der Waals surface area contributed by atoms with E-state index in [0.29, 0.717) is 6.04 Å². The predicted molar refractivity (Wildman–Crippen MR) is 72.6 cm³/mol. The van der Waals surface area contributed by atoms with Gasteiger partial charge >= 0.3 is 0 Å². The molecular formula is C12H23ClN4. The second kappa shape index (κ2) is 6.38. The molecule has 2 rings (SSSR count). The highest BCUT2D eigenvalue weighted by Crippen LogP contribution is 2.15. The smallest absolute Gasteiger partial charge is 0.0537 e. The van der Waals surface area contributed by atoms with E-state index in [2.05, 4.69) is 29.3 Å². The minimum Gasteiger partial charge on any atom is -0.316 e. The summed E-state index contributed by atoms with van der Waals surface area (Å²) in [5.41, 5.74) is 2.64. The molecule has 1 aromatic rings. The average Bonchev–Trinajstić information content (AvgIpc) is 2.61. The second-order valence-electron chi connectivity index (χ2n) is 4.74. The van der Waals surface area contributed by atoms with Gasteiger partial charge in [-0.1, -0.05) is 0 Å². The third kappa shape index (κ3) is 3.44. The van der Waals surface area contributed by atoms with Crippen LogP contribution in [-0.4, -0.2) is 40.9 Å². The summed E-state index contributed by atoms with van der Waals surface area (Å²) in [6.45, 7) is 5.55. The van der Waals surface area contributed by atoms with Crippen molar-refractivity contribution in [2.75, 3.05) is 20.1 Å². The van der Waals surface area contributed by atoms with Crippen molar-refractivity contribution in [1.29, 1.82) is 0 Å². The van der Waals surface area contributed by atoms with Crippen molar-refractivity contribution in [3.63, 3.8) is 0 Å². The monoisotopic (exact) mass is 258 g/mol. The Morgan fingerprint density at radius 1 is 1.53 bits per heavy atom. The van der Waals surface area contributed by atoms with Gasteiger partial charge in [0.15, 0.2) is 0 Å². The summed E-state index contributed by atoms with van der Waals surface area (Å²) < 4.78 is 1.95. The topological polar surface area (TPSA) is 33.1 Å². The van der Waals surface area contributed by atoms with Crippen LogP contribution in [0.4, 0.5) is 0 Å². The van der Waals surface area contributed by atoms with Gasteiger partial charge in [0.05, 0.1) is 6.20 Å². The largest absolute Gasteiger partial charge is 0.316 e. The van der Waals surface area contributed by atoms with Gasteiger partial charge in [-0.3, -0.25) is 9.58 Å². The number of nitrogens with one attached hydrogen (secondary N) is 1. The number of rotatable bonds is 3. The standard InChI is InChI=1S/C12H22N4.ClH/c1-10-11(7-14-15(10)3)8-16-6-4-5-12(9-16)13-2;/h7,12-13H,4-6,8-9H2,1-3H3;1H. The van der Waals surface area contributed by atoms with E-state index in [0.717, 1.165) is 13.1 Å². The predicted octanol–water partition coefficient (Wildman–Crippen LogP) is 1.33. The minimum atomic E-state index is 0. The molecule has 0 radical (unpaired) electrons. The van der Waals surface area contributed by atoms with E-state index in [9.17, 15) is 0 Å². The van der Waals surface area contributed by atoms with Crippen molar-refractivity contribution < 1.29 is 0 Å². The van der Waals surface area contributed by atoms with Crippen LogP contribution < -0.4 is 5.32 Å². The minimum absolute atomic E-state index is 0. The molecule has 0 aliphatic carbocycles. The third-order valence-electron chi connectivity index (χ3n) is 3.64.